The second-order valence-corrected chi connectivity index (χ2v) is 7.63. The molecule has 2 rings (SSSR count). The highest BCUT2D eigenvalue weighted by molar-refractivity contribution is 5.70. The van der Waals surface area contributed by atoms with Crippen molar-refractivity contribution in [2.45, 2.75) is 102 Å². The molecule has 0 aromatic rings. The minimum Gasteiger partial charge on any atom is -0.444 e. The lowest BCUT2D eigenvalue weighted by Gasteiger charge is -2.39. The van der Waals surface area contributed by atoms with E-state index in [1.165, 1.54) is 44.9 Å². The molecule has 0 saturated heterocycles. The zero-order chi connectivity index (χ0) is 16.5. The Bertz CT molecular complexity index is 398. The van der Waals surface area contributed by atoms with Crippen molar-refractivity contribution in [2.24, 2.45) is 11.8 Å². The smallest absolute Gasteiger partial charge is 0.307 e. The van der Waals surface area contributed by atoms with Crippen LogP contribution in [0.3, 0.4) is 0 Å². The van der Waals surface area contributed by atoms with Gasteiger partial charge in [-0.05, 0) is 31.1 Å². The Labute approximate surface area is 141 Å². The summed E-state index contributed by atoms with van der Waals surface area (Å²) in [6.45, 7) is 2.16. The van der Waals surface area contributed by atoms with E-state index in [0.29, 0.717) is 6.42 Å². The van der Waals surface area contributed by atoms with E-state index in [1.54, 1.807) is 0 Å². The maximum atomic E-state index is 12.0. The Balaban J connectivity index is 1.76. The van der Waals surface area contributed by atoms with Crippen molar-refractivity contribution in [2.75, 3.05) is 0 Å². The molecule has 2 fully saturated rings. The molecule has 2 aliphatic carbocycles. The van der Waals surface area contributed by atoms with Crippen molar-refractivity contribution in [3.05, 3.63) is 0 Å². The lowest BCUT2D eigenvalue weighted by atomic mass is 9.70. The number of esters is 1. The van der Waals surface area contributed by atoms with Gasteiger partial charge in [-0.25, -0.2) is 0 Å². The van der Waals surface area contributed by atoms with Gasteiger partial charge < -0.3 is 4.74 Å². The molecule has 0 bridgehead atoms. The van der Waals surface area contributed by atoms with Gasteiger partial charge in [-0.3, -0.25) is 4.79 Å². The van der Waals surface area contributed by atoms with Crippen LogP contribution in [0.4, 0.5) is 0 Å². The average Bonchev–Trinajstić information content (AvgIpc) is 2.60. The third kappa shape index (κ3) is 5.52. The molecule has 0 aromatic heterocycles. The maximum Gasteiger partial charge on any atom is 0.307 e. The quantitative estimate of drug-likeness (QED) is 0.457. The molecule has 0 amide bonds. The van der Waals surface area contributed by atoms with Crippen LogP contribution >= 0.6 is 0 Å². The summed E-state index contributed by atoms with van der Waals surface area (Å²) < 4.78 is 5.64. The molecule has 0 heterocycles. The molecular weight excluding hydrogens is 286 g/mol. The third-order valence-electron chi connectivity index (χ3n) is 5.90. The Morgan fingerprint density at radius 1 is 1.04 bits per heavy atom. The van der Waals surface area contributed by atoms with Gasteiger partial charge >= 0.3 is 5.97 Å². The number of unbranched alkanes of at least 4 members (excludes halogenated alkanes) is 3. The number of carbonyl (C=O) groups is 1. The van der Waals surface area contributed by atoms with E-state index in [0.717, 1.165) is 50.4 Å². The number of rotatable bonds is 7. The highest BCUT2D eigenvalue weighted by Gasteiger charge is 2.40. The highest BCUT2D eigenvalue weighted by Crippen LogP contribution is 2.42. The second kappa shape index (κ2) is 9.30. The lowest BCUT2D eigenvalue weighted by molar-refractivity contribution is -0.158. The predicted molar refractivity (Wildman–Crippen MR) is 91.7 cm³/mol. The van der Waals surface area contributed by atoms with Crippen molar-refractivity contribution >= 4 is 5.97 Å². The zero-order valence-corrected chi connectivity index (χ0v) is 14.8. The highest BCUT2D eigenvalue weighted by atomic mass is 16.6. The molecule has 2 saturated carbocycles. The Morgan fingerprint density at radius 2 is 1.70 bits per heavy atom. The summed E-state index contributed by atoms with van der Waals surface area (Å²) in [6.07, 6.45) is 15.2. The molecule has 3 nitrogen and oxygen atoms in total. The van der Waals surface area contributed by atoms with Gasteiger partial charge in [0.25, 0.3) is 0 Å². The van der Waals surface area contributed by atoms with Gasteiger partial charge in [0.2, 0.25) is 0 Å². The van der Waals surface area contributed by atoms with Crippen LogP contribution in [0.2, 0.25) is 0 Å². The van der Waals surface area contributed by atoms with Crippen molar-refractivity contribution in [1.82, 2.24) is 0 Å². The molecule has 0 N–H and O–H groups in total. The van der Waals surface area contributed by atoms with Gasteiger partial charge in [-0.2, -0.15) is 5.26 Å². The van der Waals surface area contributed by atoms with Gasteiger partial charge in [-0.15, -0.1) is 0 Å². The normalized spacial score (nSPS) is 29.0. The van der Waals surface area contributed by atoms with Crippen LogP contribution in [-0.4, -0.2) is 11.6 Å². The number of carbonyl (C=O) groups excluding carboxylic acids is 1. The standard InChI is InChI=1S/C20H33NO2/c1-2-3-4-8-11-19(22)23-20(16-21)14-12-18(13-15-20)17-9-6-5-7-10-17/h17-18H,2-15H2,1H3. The number of hydrogen-bond donors (Lipinski definition) is 0. The van der Waals surface area contributed by atoms with E-state index in [4.69, 9.17) is 4.74 Å². The fourth-order valence-electron chi connectivity index (χ4n) is 4.39. The molecule has 3 heteroatoms. The van der Waals surface area contributed by atoms with E-state index >= 15 is 0 Å². The van der Waals surface area contributed by atoms with Crippen molar-refractivity contribution in [1.29, 1.82) is 5.26 Å². The summed E-state index contributed by atoms with van der Waals surface area (Å²) in [5.41, 5.74) is -0.826. The molecule has 2 aliphatic rings. The number of nitriles is 1. The molecular formula is C20H33NO2. The largest absolute Gasteiger partial charge is 0.444 e. The van der Waals surface area contributed by atoms with Crippen LogP contribution in [0, 0.1) is 23.2 Å². The van der Waals surface area contributed by atoms with Crippen LogP contribution in [0.1, 0.15) is 96.8 Å². The minimum absolute atomic E-state index is 0.168. The molecule has 0 spiro atoms. The summed E-state index contributed by atoms with van der Waals surface area (Å²) in [4.78, 5) is 12.0. The third-order valence-corrected chi connectivity index (χ3v) is 5.90. The first-order chi connectivity index (χ1) is 11.2. The monoisotopic (exact) mass is 319 g/mol. The van der Waals surface area contributed by atoms with E-state index < -0.39 is 5.60 Å². The first kappa shape index (κ1) is 18.3. The summed E-state index contributed by atoms with van der Waals surface area (Å²) in [6, 6.07) is 2.33. The molecule has 0 radical (unpaired) electrons. The predicted octanol–water partition coefficient (Wildman–Crippen LogP) is 5.53. The van der Waals surface area contributed by atoms with Gasteiger partial charge in [0.05, 0.1) is 0 Å². The topological polar surface area (TPSA) is 50.1 Å². The van der Waals surface area contributed by atoms with Crippen LogP contribution < -0.4 is 0 Å². The summed E-state index contributed by atoms with van der Waals surface area (Å²) in [5.74, 6) is 1.43. The van der Waals surface area contributed by atoms with Crippen LogP contribution in [0.5, 0.6) is 0 Å². The van der Waals surface area contributed by atoms with Crippen LogP contribution in [-0.2, 0) is 9.53 Å². The first-order valence-electron chi connectivity index (χ1n) is 9.82. The van der Waals surface area contributed by atoms with Crippen LogP contribution in [0.15, 0.2) is 0 Å². The Morgan fingerprint density at radius 3 is 2.30 bits per heavy atom. The van der Waals surface area contributed by atoms with Crippen molar-refractivity contribution in [3.63, 3.8) is 0 Å². The van der Waals surface area contributed by atoms with Crippen molar-refractivity contribution < 1.29 is 9.53 Å². The van der Waals surface area contributed by atoms with Gasteiger partial charge in [-0.1, -0.05) is 58.3 Å². The van der Waals surface area contributed by atoms with E-state index in [9.17, 15) is 10.1 Å². The molecule has 0 aromatic carbocycles. The van der Waals surface area contributed by atoms with E-state index in [2.05, 4.69) is 13.0 Å². The van der Waals surface area contributed by atoms with Crippen molar-refractivity contribution in [3.8, 4) is 6.07 Å². The Kier molecular flexibility index (Phi) is 7.40. The molecule has 0 atom stereocenters. The molecule has 0 unspecified atom stereocenters. The number of ether oxygens (including phenoxy) is 1. The molecule has 0 aliphatic heterocycles. The summed E-state index contributed by atoms with van der Waals surface area (Å²) in [5, 5.41) is 9.57. The second-order valence-electron chi connectivity index (χ2n) is 7.63. The Hall–Kier alpha value is -1.04. The first-order valence-corrected chi connectivity index (χ1v) is 9.82. The average molecular weight is 319 g/mol. The fraction of sp³-hybridized carbons (Fsp3) is 0.900. The van der Waals surface area contributed by atoms with Gasteiger partial charge in [0, 0.05) is 19.3 Å². The van der Waals surface area contributed by atoms with E-state index in [-0.39, 0.29) is 5.97 Å². The number of hydrogen-bond acceptors (Lipinski definition) is 3. The molecule has 130 valence electrons. The van der Waals surface area contributed by atoms with E-state index in [1.807, 2.05) is 0 Å². The SMILES string of the molecule is CCCCCCC(=O)OC1(C#N)CCC(C2CCCCC2)CC1. The zero-order valence-electron chi connectivity index (χ0n) is 14.8. The van der Waals surface area contributed by atoms with Crippen LogP contribution in [0.25, 0.3) is 0 Å². The fourth-order valence-corrected chi connectivity index (χ4v) is 4.39. The summed E-state index contributed by atoms with van der Waals surface area (Å²) >= 11 is 0. The summed E-state index contributed by atoms with van der Waals surface area (Å²) in [7, 11) is 0. The lowest BCUT2D eigenvalue weighted by Crippen LogP contribution is -2.39. The maximum absolute atomic E-state index is 12.0. The molecule has 23 heavy (non-hydrogen) atoms. The van der Waals surface area contributed by atoms with Gasteiger partial charge in [0.1, 0.15) is 6.07 Å². The van der Waals surface area contributed by atoms with Gasteiger partial charge in [0.15, 0.2) is 5.60 Å². The minimum atomic E-state index is -0.826. The number of nitrogens with zero attached hydrogens (tertiary/aromatic N) is 1.